The summed E-state index contributed by atoms with van der Waals surface area (Å²) in [5.74, 6) is -0.335. The largest absolute Gasteiger partial charge is 0.464 e. The number of rotatable bonds is 5. The molecule has 168 valence electrons. The fourth-order valence-electron chi connectivity index (χ4n) is 5.56. The molecule has 3 aliphatic rings. The van der Waals surface area contributed by atoms with E-state index in [2.05, 4.69) is 29.6 Å². The number of fused-ring (bicyclic) bond motifs is 5. The minimum absolute atomic E-state index is 0.00650. The van der Waals surface area contributed by atoms with Crippen molar-refractivity contribution in [3.8, 4) is 11.1 Å². The summed E-state index contributed by atoms with van der Waals surface area (Å²) in [5, 5.41) is 3.72. The van der Waals surface area contributed by atoms with Gasteiger partial charge < -0.3 is 14.8 Å². The average Bonchev–Trinajstić information content (AvgIpc) is 3.11. The molecule has 2 atom stereocenters. The number of carbonyl (C=O) groups excluding carboxylic acids is 2. The lowest BCUT2D eigenvalue weighted by Gasteiger charge is -2.45. The molecule has 0 aromatic heterocycles. The maximum absolute atomic E-state index is 13.0. The van der Waals surface area contributed by atoms with Gasteiger partial charge in [0, 0.05) is 16.4 Å². The van der Waals surface area contributed by atoms with Gasteiger partial charge in [0.05, 0.1) is 6.61 Å². The molecule has 2 bridgehead atoms. The van der Waals surface area contributed by atoms with Gasteiger partial charge in [0.15, 0.2) is 0 Å². The summed E-state index contributed by atoms with van der Waals surface area (Å²) in [6.07, 6.45) is 4.02. The second-order valence-corrected chi connectivity index (χ2v) is 10.6. The summed E-state index contributed by atoms with van der Waals surface area (Å²) in [4.78, 5) is 26.0. The topological polar surface area (TPSA) is 64.6 Å². The Morgan fingerprint density at radius 3 is 2.16 bits per heavy atom. The number of esters is 1. The molecular weight excluding hydrogens is 422 g/mol. The van der Waals surface area contributed by atoms with Crippen LogP contribution in [0, 0.1) is 0 Å². The standard InChI is InChI=1S/C26H29NO4S/c1-2-30-24(28)26(14-17-8-7-9-18(15-26)32-17)27-25(29)31-16-23-21-12-5-3-10-19(21)20-11-4-6-13-22(20)23/h3-6,10-13,17-18,23H,2,7-9,14-16H2,1H3,(H,27,29). The highest BCUT2D eigenvalue weighted by Crippen LogP contribution is 2.47. The van der Waals surface area contributed by atoms with Gasteiger partial charge in [0.1, 0.15) is 12.1 Å². The van der Waals surface area contributed by atoms with E-state index in [9.17, 15) is 9.59 Å². The van der Waals surface area contributed by atoms with Crippen molar-refractivity contribution in [1.29, 1.82) is 0 Å². The van der Waals surface area contributed by atoms with Gasteiger partial charge in [-0.1, -0.05) is 55.0 Å². The van der Waals surface area contributed by atoms with Gasteiger partial charge in [-0.2, -0.15) is 11.8 Å². The Bertz CT molecular complexity index is 965. The van der Waals surface area contributed by atoms with Crippen LogP contribution in [0.15, 0.2) is 48.5 Å². The molecule has 2 aromatic rings. The van der Waals surface area contributed by atoms with Crippen LogP contribution in [-0.4, -0.2) is 41.3 Å². The highest BCUT2D eigenvalue weighted by Gasteiger charge is 2.50. The summed E-state index contributed by atoms with van der Waals surface area (Å²) in [6, 6.07) is 16.5. The zero-order chi connectivity index (χ0) is 22.1. The Morgan fingerprint density at radius 1 is 0.969 bits per heavy atom. The predicted molar refractivity (Wildman–Crippen MR) is 126 cm³/mol. The van der Waals surface area contributed by atoms with E-state index in [0.717, 1.165) is 12.8 Å². The lowest BCUT2D eigenvalue weighted by molar-refractivity contribution is -0.152. The lowest BCUT2D eigenvalue weighted by Crippen LogP contribution is -2.60. The average molecular weight is 452 g/mol. The smallest absolute Gasteiger partial charge is 0.408 e. The number of amides is 1. The fourth-order valence-corrected chi connectivity index (χ4v) is 7.47. The molecule has 1 amide bonds. The van der Waals surface area contributed by atoms with Crippen LogP contribution in [0.1, 0.15) is 56.1 Å². The maximum Gasteiger partial charge on any atom is 0.408 e. The van der Waals surface area contributed by atoms with Crippen molar-refractivity contribution in [2.24, 2.45) is 0 Å². The van der Waals surface area contributed by atoms with Crippen LogP contribution in [-0.2, 0) is 14.3 Å². The van der Waals surface area contributed by atoms with E-state index < -0.39 is 11.6 Å². The minimum atomic E-state index is -0.987. The summed E-state index contributed by atoms with van der Waals surface area (Å²) in [6.45, 7) is 2.34. The van der Waals surface area contributed by atoms with Crippen LogP contribution in [0.5, 0.6) is 0 Å². The van der Waals surface area contributed by atoms with Gasteiger partial charge in [0.25, 0.3) is 0 Å². The van der Waals surface area contributed by atoms with Crippen LogP contribution < -0.4 is 5.32 Å². The Kier molecular flexibility index (Phi) is 5.89. The minimum Gasteiger partial charge on any atom is -0.464 e. The molecule has 2 fully saturated rings. The quantitative estimate of drug-likeness (QED) is 0.627. The van der Waals surface area contributed by atoms with Crippen LogP contribution in [0.25, 0.3) is 11.1 Å². The highest BCUT2D eigenvalue weighted by molar-refractivity contribution is 8.00. The van der Waals surface area contributed by atoms with Gasteiger partial charge in [-0.15, -0.1) is 0 Å². The molecule has 0 radical (unpaired) electrons. The molecule has 1 aliphatic carbocycles. The summed E-state index contributed by atoms with van der Waals surface area (Å²) in [5.41, 5.74) is 3.74. The van der Waals surface area contributed by atoms with Crippen LogP contribution in [0.4, 0.5) is 4.79 Å². The Balaban J connectivity index is 1.32. The zero-order valence-corrected chi connectivity index (χ0v) is 19.2. The molecule has 0 saturated carbocycles. The van der Waals surface area contributed by atoms with Gasteiger partial charge in [-0.05, 0) is 54.9 Å². The van der Waals surface area contributed by atoms with E-state index in [1.165, 1.54) is 28.7 Å². The maximum atomic E-state index is 13.0. The first-order chi connectivity index (χ1) is 15.6. The van der Waals surface area contributed by atoms with Crippen LogP contribution in [0.2, 0.25) is 0 Å². The molecule has 5 rings (SSSR count). The molecule has 0 spiro atoms. The van der Waals surface area contributed by atoms with Crippen LogP contribution in [0.3, 0.4) is 0 Å². The third kappa shape index (κ3) is 3.90. The first-order valence-corrected chi connectivity index (χ1v) is 12.5. The number of carbonyl (C=O) groups is 2. The molecule has 2 saturated heterocycles. The molecule has 2 aromatic carbocycles. The van der Waals surface area contributed by atoms with E-state index in [1.807, 2.05) is 36.0 Å². The summed E-state index contributed by atoms with van der Waals surface area (Å²) < 4.78 is 11.2. The van der Waals surface area contributed by atoms with E-state index in [4.69, 9.17) is 9.47 Å². The van der Waals surface area contributed by atoms with Crippen molar-refractivity contribution < 1.29 is 19.1 Å². The predicted octanol–water partition coefficient (Wildman–Crippen LogP) is 5.28. The van der Waals surface area contributed by atoms with E-state index in [0.29, 0.717) is 29.9 Å². The first-order valence-electron chi connectivity index (χ1n) is 11.6. The number of benzene rings is 2. The summed E-state index contributed by atoms with van der Waals surface area (Å²) in [7, 11) is 0. The lowest BCUT2D eigenvalue weighted by atomic mass is 9.82. The highest BCUT2D eigenvalue weighted by atomic mass is 32.2. The van der Waals surface area contributed by atoms with Crippen molar-refractivity contribution in [3.05, 3.63) is 59.7 Å². The summed E-state index contributed by atoms with van der Waals surface area (Å²) >= 11 is 1.96. The SMILES string of the molecule is CCOC(=O)C1(NC(=O)OCC2c3ccccc3-c3ccccc32)CC2CCCC(C1)S2. The van der Waals surface area contributed by atoms with Gasteiger partial charge in [-0.3, -0.25) is 0 Å². The second-order valence-electron chi connectivity index (χ2n) is 8.97. The molecule has 1 N–H and O–H groups in total. The normalized spacial score (nSPS) is 26.0. The zero-order valence-electron chi connectivity index (χ0n) is 18.3. The van der Waals surface area contributed by atoms with Crippen molar-refractivity contribution >= 4 is 23.8 Å². The number of hydrogen-bond acceptors (Lipinski definition) is 5. The number of nitrogens with one attached hydrogen (secondary N) is 1. The van der Waals surface area contributed by atoms with Crippen molar-refractivity contribution in [2.45, 2.75) is 61.0 Å². The Morgan fingerprint density at radius 2 is 1.56 bits per heavy atom. The Hall–Kier alpha value is -2.47. The van der Waals surface area contributed by atoms with Crippen LogP contribution >= 0.6 is 11.8 Å². The molecule has 2 unspecified atom stereocenters. The van der Waals surface area contributed by atoms with Gasteiger partial charge in [-0.25, -0.2) is 9.59 Å². The fraction of sp³-hybridized carbons (Fsp3) is 0.462. The Labute approximate surface area is 193 Å². The molecule has 2 heterocycles. The number of hydrogen-bond donors (Lipinski definition) is 1. The van der Waals surface area contributed by atoms with Gasteiger partial charge in [0.2, 0.25) is 0 Å². The van der Waals surface area contributed by atoms with E-state index in [-0.39, 0.29) is 18.5 Å². The second kappa shape index (κ2) is 8.81. The van der Waals surface area contributed by atoms with Gasteiger partial charge >= 0.3 is 12.1 Å². The third-order valence-electron chi connectivity index (χ3n) is 6.94. The van der Waals surface area contributed by atoms with E-state index >= 15 is 0 Å². The molecule has 5 nitrogen and oxygen atoms in total. The number of thioether (sulfide) groups is 1. The monoisotopic (exact) mass is 451 g/mol. The van der Waals surface area contributed by atoms with Crippen molar-refractivity contribution in [1.82, 2.24) is 5.32 Å². The number of ether oxygens (including phenoxy) is 2. The first kappa shape index (κ1) is 21.4. The number of alkyl carbamates (subject to hydrolysis) is 1. The van der Waals surface area contributed by atoms with Crippen molar-refractivity contribution in [2.75, 3.05) is 13.2 Å². The molecule has 6 heteroatoms. The third-order valence-corrected chi connectivity index (χ3v) is 8.52. The van der Waals surface area contributed by atoms with Crippen molar-refractivity contribution in [3.63, 3.8) is 0 Å². The molecular formula is C26H29NO4S. The van der Waals surface area contributed by atoms with E-state index in [1.54, 1.807) is 6.92 Å². The molecule has 32 heavy (non-hydrogen) atoms. The molecule has 2 aliphatic heterocycles.